The minimum atomic E-state index is -0.171. The number of fused-ring (bicyclic) bond motifs is 1. The molecule has 122 valence electrons. The number of amides is 1. The van der Waals surface area contributed by atoms with Gasteiger partial charge in [0.1, 0.15) is 5.82 Å². The molecule has 7 heteroatoms. The Balaban J connectivity index is 2.18. The molecule has 0 radical (unpaired) electrons. The van der Waals surface area contributed by atoms with Crippen LogP contribution in [0.1, 0.15) is 29.2 Å². The van der Waals surface area contributed by atoms with E-state index in [0.717, 1.165) is 16.8 Å². The van der Waals surface area contributed by atoms with Gasteiger partial charge in [-0.1, -0.05) is 0 Å². The monoisotopic (exact) mass is 317 g/mol. The summed E-state index contributed by atoms with van der Waals surface area (Å²) in [5.41, 5.74) is 2.67. The van der Waals surface area contributed by atoms with Crippen LogP contribution in [0.15, 0.2) is 12.1 Å². The number of rotatable bonds is 3. The van der Waals surface area contributed by atoms with Gasteiger partial charge < -0.3 is 19.9 Å². The van der Waals surface area contributed by atoms with Crippen LogP contribution in [0, 0.1) is 6.92 Å². The van der Waals surface area contributed by atoms with E-state index in [0.29, 0.717) is 23.7 Å². The van der Waals surface area contributed by atoms with Gasteiger partial charge >= 0.3 is 0 Å². The Labute approximate surface area is 133 Å². The summed E-state index contributed by atoms with van der Waals surface area (Å²) in [5, 5.41) is 17.3. The number of nitrogens with zero attached hydrogens (tertiary/aromatic N) is 2. The predicted molar refractivity (Wildman–Crippen MR) is 84.2 cm³/mol. The molecule has 1 aliphatic rings. The van der Waals surface area contributed by atoms with Crippen LogP contribution in [0.2, 0.25) is 0 Å². The number of anilines is 1. The van der Waals surface area contributed by atoms with Crippen molar-refractivity contribution in [3.8, 4) is 17.2 Å². The zero-order chi connectivity index (χ0) is 16.7. The van der Waals surface area contributed by atoms with Gasteiger partial charge in [0.25, 0.3) is 0 Å². The van der Waals surface area contributed by atoms with Gasteiger partial charge in [0.2, 0.25) is 11.7 Å². The third kappa shape index (κ3) is 2.38. The van der Waals surface area contributed by atoms with Gasteiger partial charge in [-0.05, 0) is 24.6 Å². The first-order valence-electron chi connectivity index (χ1n) is 7.24. The summed E-state index contributed by atoms with van der Waals surface area (Å²) in [6, 6.07) is 3.47. The van der Waals surface area contributed by atoms with Crippen LogP contribution in [0.5, 0.6) is 17.2 Å². The highest BCUT2D eigenvalue weighted by Crippen LogP contribution is 2.44. The van der Waals surface area contributed by atoms with Crippen LogP contribution in [0.3, 0.4) is 0 Å². The molecule has 0 saturated carbocycles. The highest BCUT2D eigenvalue weighted by atomic mass is 16.5. The Kier molecular flexibility index (Phi) is 3.63. The van der Waals surface area contributed by atoms with E-state index in [9.17, 15) is 9.90 Å². The number of nitrogens with one attached hydrogen (secondary N) is 1. The van der Waals surface area contributed by atoms with Crippen LogP contribution < -0.4 is 14.8 Å². The molecule has 1 amide bonds. The van der Waals surface area contributed by atoms with Crippen molar-refractivity contribution in [3.05, 3.63) is 29.0 Å². The van der Waals surface area contributed by atoms with Gasteiger partial charge in [-0.2, -0.15) is 5.10 Å². The Morgan fingerprint density at radius 2 is 1.91 bits per heavy atom. The van der Waals surface area contributed by atoms with Crippen molar-refractivity contribution in [2.45, 2.75) is 19.3 Å². The maximum Gasteiger partial charge on any atom is 0.226 e. The summed E-state index contributed by atoms with van der Waals surface area (Å²) in [7, 11) is 4.76. The van der Waals surface area contributed by atoms with Gasteiger partial charge in [-0.25, -0.2) is 0 Å². The molecule has 7 nitrogen and oxygen atoms in total. The molecule has 0 saturated heterocycles. The van der Waals surface area contributed by atoms with Crippen LogP contribution >= 0.6 is 0 Å². The molecule has 23 heavy (non-hydrogen) atoms. The number of ether oxygens (including phenoxy) is 2. The van der Waals surface area contributed by atoms with Crippen molar-refractivity contribution in [2.24, 2.45) is 7.05 Å². The Bertz CT molecular complexity index is 757. The van der Waals surface area contributed by atoms with Gasteiger partial charge in [-0.15, -0.1) is 0 Å². The van der Waals surface area contributed by atoms with Crippen molar-refractivity contribution in [3.63, 3.8) is 0 Å². The molecule has 3 rings (SSSR count). The highest BCUT2D eigenvalue weighted by molar-refractivity contribution is 5.94. The highest BCUT2D eigenvalue weighted by Gasteiger charge is 2.32. The van der Waals surface area contributed by atoms with E-state index in [2.05, 4.69) is 10.4 Å². The summed E-state index contributed by atoms with van der Waals surface area (Å²) in [4.78, 5) is 12.1. The van der Waals surface area contributed by atoms with Gasteiger partial charge in [-0.3, -0.25) is 9.48 Å². The standard InChI is InChI=1S/C16H19N3O4/c1-8-14-10(7-13(20)17-16(14)19(2)18-8)9-5-11(22-3)15(21)12(6-9)23-4/h5-6,10,21H,7H2,1-4H3,(H,17,20)/t10-/m1/s1. The summed E-state index contributed by atoms with van der Waals surface area (Å²) >= 11 is 0. The minimum Gasteiger partial charge on any atom is -0.502 e. The lowest BCUT2D eigenvalue weighted by atomic mass is 9.85. The number of hydrogen-bond donors (Lipinski definition) is 2. The average molecular weight is 317 g/mol. The molecule has 2 heterocycles. The number of hydrogen-bond acceptors (Lipinski definition) is 5. The Morgan fingerprint density at radius 3 is 2.48 bits per heavy atom. The van der Waals surface area contributed by atoms with Crippen molar-refractivity contribution >= 4 is 11.7 Å². The van der Waals surface area contributed by atoms with E-state index in [4.69, 9.17) is 9.47 Å². The fourth-order valence-corrected chi connectivity index (χ4v) is 3.11. The molecule has 1 aromatic heterocycles. The molecule has 0 unspecified atom stereocenters. The first kappa shape index (κ1) is 15.2. The molecule has 0 aliphatic carbocycles. The fourth-order valence-electron chi connectivity index (χ4n) is 3.11. The smallest absolute Gasteiger partial charge is 0.226 e. The van der Waals surface area contributed by atoms with Crippen LogP contribution in [0.25, 0.3) is 0 Å². The predicted octanol–water partition coefficient (Wildman–Crippen LogP) is 1.93. The molecule has 0 fully saturated rings. The molecule has 2 N–H and O–H groups in total. The Hall–Kier alpha value is -2.70. The van der Waals surface area contributed by atoms with E-state index >= 15 is 0 Å². The van der Waals surface area contributed by atoms with Crippen molar-refractivity contribution in [2.75, 3.05) is 19.5 Å². The number of aromatic hydroxyl groups is 1. The largest absolute Gasteiger partial charge is 0.502 e. The minimum absolute atomic E-state index is 0.0536. The Morgan fingerprint density at radius 1 is 1.30 bits per heavy atom. The third-order valence-corrected chi connectivity index (χ3v) is 4.17. The van der Waals surface area contributed by atoms with E-state index in [1.807, 2.05) is 6.92 Å². The van der Waals surface area contributed by atoms with Crippen molar-refractivity contribution < 1.29 is 19.4 Å². The number of carbonyl (C=O) groups is 1. The number of benzene rings is 1. The van der Waals surface area contributed by atoms with E-state index in [1.165, 1.54) is 14.2 Å². The lowest BCUT2D eigenvalue weighted by molar-refractivity contribution is -0.116. The summed E-state index contributed by atoms with van der Waals surface area (Å²) in [6.07, 6.45) is 0.302. The van der Waals surface area contributed by atoms with E-state index < -0.39 is 0 Å². The summed E-state index contributed by atoms with van der Waals surface area (Å²) in [5.74, 6) is 1.03. The number of aromatic nitrogens is 2. The molecule has 1 atom stereocenters. The van der Waals surface area contributed by atoms with Gasteiger partial charge in [0, 0.05) is 24.9 Å². The first-order chi connectivity index (χ1) is 11.0. The second-order valence-electron chi connectivity index (χ2n) is 5.55. The topological polar surface area (TPSA) is 85.6 Å². The summed E-state index contributed by atoms with van der Waals surface area (Å²) in [6.45, 7) is 1.91. The zero-order valence-electron chi connectivity index (χ0n) is 13.5. The number of phenols is 1. The fraction of sp³-hybridized carbons (Fsp3) is 0.375. The maximum atomic E-state index is 12.1. The maximum absolute atomic E-state index is 12.1. The average Bonchev–Trinajstić information content (AvgIpc) is 2.81. The first-order valence-corrected chi connectivity index (χ1v) is 7.24. The van der Waals surface area contributed by atoms with Crippen molar-refractivity contribution in [1.82, 2.24) is 9.78 Å². The molecular formula is C16H19N3O4. The lowest BCUT2D eigenvalue weighted by Gasteiger charge is -2.25. The van der Waals surface area contributed by atoms with Crippen LogP contribution in [-0.4, -0.2) is 35.0 Å². The second kappa shape index (κ2) is 5.49. The molecular weight excluding hydrogens is 298 g/mol. The molecule has 1 aromatic carbocycles. The number of phenolic OH excluding ortho intramolecular Hbond substituents is 1. The molecule has 2 aromatic rings. The number of carbonyl (C=O) groups excluding carboxylic acids is 1. The number of aryl methyl sites for hydroxylation is 2. The van der Waals surface area contributed by atoms with Gasteiger partial charge in [0.15, 0.2) is 11.5 Å². The normalized spacial score (nSPS) is 16.7. The lowest BCUT2D eigenvalue weighted by Crippen LogP contribution is -2.24. The van der Waals surface area contributed by atoms with Crippen LogP contribution in [0.4, 0.5) is 5.82 Å². The summed E-state index contributed by atoms with van der Waals surface area (Å²) < 4.78 is 12.1. The van der Waals surface area contributed by atoms with E-state index in [-0.39, 0.29) is 17.6 Å². The molecule has 0 bridgehead atoms. The zero-order valence-corrected chi connectivity index (χ0v) is 13.5. The number of methoxy groups -OCH3 is 2. The van der Waals surface area contributed by atoms with Crippen LogP contribution in [-0.2, 0) is 11.8 Å². The van der Waals surface area contributed by atoms with Crippen molar-refractivity contribution in [1.29, 1.82) is 0 Å². The SMILES string of the molecule is COc1cc([C@H]2CC(=O)Nc3c2c(C)nn3C)cc(OC)c1O. The molecule has 1 aliphatic heterocycles. The second-order valence-corrected chi connectivity index (χ2v) is 5.55. The van der Waals surface area contributed by atoms with Gasteiger partial charge in [0.05, 0.1) is 19.9 Å². The molecule has 0 spiro atoms. The third-order valence-electron chi connectivity index (χ3n) is 4.17. The van der Waals surface area contributed by atoms with E-state index in [1.54, 1.807) is 23.9 Å². The quantitative estimate of drug-likeness (QED) is 0.903.